The predicted octanol–water partition coefficient (Wildman–Crippen LogP) is 2.34. The number of nitrogens with one attached hydrogen (secondary N) is 1. The van der Waals surface area contributed by atoms with Crippen LogP contribution in [0.3, 0.4) is 0 Å². The predicted molar refractivity (Wildman–Crippen MR) is 79.9 cm³/mol. The second-order valence-corrected chi connectivity index (χ2v) is 6.49. The number of amides is 1. The van der Waals surface area contributed by atoms with Crippen molar-refractivity contribution in [3.05, 3.63) is 17.0 Å². The molecule has 1 saturated heterocycles. The Labute approximate surface area is 126 Å². The van der Waals surface area contributed by atoms with Gasteiger partial charge in [0.1, 0.15) is 5.76 Å². The number of nitrogens with zero attached hydrogens (tertiary/aromatic N) is 2. The van der Waals surface area contributed by atoms with E-state index in [0.29, 0.717) is 5.92 Å². The van der Waals surface area contributed by atoms with Crippen LogP contribution in [0.1, 0.15) is 55.7 Å². The van der Waals surface area contributed by atoms with Crippen molar-refractivity contribution in [2.24, 2.45) is 5.92 Å². The number of carbonyl (C=O) groups is 1. The van der Waals surface area contributed by atoms with Crippen LogP contribution in [0.5, 0.6) is 0 Å². The van der Waals surface area contributed by atoms with Gasteiger partial charge in [-0.2, -0.15) is 0 Å². The molecule has 0 bridgehead atoms. The van der Waals surface area contributed by atoms with Gasteiger partial charge in [-0.3, -0.25) is 9.69 Å². The SMILES string of the molecule is Cc1noc(C)c1[C@H](C)NC(=O)[C@@H](C1CC1)N1CCCC1. The standard InChI is InChI=1S/C16H25N3O2/c1-10(14-11(2)18-21-12(14)3)17-16(20)15(13-6-7-13)19-8-4-5-9-19/h10,13,15H,4-9H2,1-3H3,(H,17,20)/t10-,15+/m0/s1. The summed E-state index contributed by atoms with van der Waals surface area (Å²) in [7, 11) is 0. The van der Waals surface area contributed by atoms with Gasteiger partial charge in [-0.05, 0) is 65.5 Å². The molecule has 1 amide bonds. The Morgan fingerprint density at radius 2 is 2.00 bits per heavy atom. The van der Waals surface area contributed by atoms with Crippen LogP contribution in [0.2, 0.25) is 0 Å². The van der Waals surface area contributed by atoms with Gasteiger partial charge in [-0.1, -0.05) is 5.16 Å². The van der Waals surface area contributed by atoms with Crippen molar-refractivity contribution in [3.63, 3.8) is 0 Å². The Balaban J connectivity index is 1.69. The summed E-state index contributed by atoms with van der Waals surface area (Å²) in [5.41, 5.74) is 1.88. The van der Waals surface area contributed by atoms with Crippen molar-refractivity contribution in [3.8, 4) is 0 Å². The summed E-state index contributed by atoms with van der Waals surface area (Å²) in [5, 5.41) is 7.16. The summed E-state index contributed by atoms with van der Waals surface area (Å²) in [6, 6.07) is 0.0167. The molecule has 1 N–H and O–H groups in total. The molecule has 0 aromatic carbocycles. The monoisotopic (exact) mass is 291 g/mol. The van der Waals surface area contributed by atoms with Crippen molar-refractivity contribution in [1.29, 1.82) is 0 Å². The maximum Gasteiger partial charge on any atom is 0.238 e. The lowest BCUT2D eigenvalue weighted by Crippen LogP contribution is -2.47. The molecule has 0 unspecified atom stereocenters. The number of hydrogen-bond donors (Lipinski definition) is 1. The fourth-order valence-electron chi connectivity index (χ4n) is 3.59. The minimum absolute atomic E-state index is 0.0485. The van der Waals surface area contributed by atoms with Crippen LogP contribution in [0.15, 0.2) is 4.52 Å². The van der Waals surface area contributed by atoms with E-state index < -0.39 is 0 Å². The minimum Gasteiger partial charge on any atom is -0.361 e. The second-order valence-electron chi connectivity index (χ2n) is 6.49. The molecule has 2 atom stereocenters. The van der Waals surface area contributed by atoms with Crippen molar-refractivity contribution in [2.45, 2.75) is 58.5 Å². The summed E-state index contributed by atoms with van der Waals surface area (Å²) in [5.74, 6) is 1.52. The van der Waals surface area contributed by atoms with Crippen molar-refractivity contribution < 1.29 is 9.32 Å². The zero-order valence-corrected chi connectivity index (χ0v) is 13.2. The summed E-state index contributed by atoms with van der Waals surface area (Å²) >= 11 is 0. The van der Waals surface area contributed by atoms with Crippen molar-refractivity contribution >= 4 is 5.91 Å². The van der Waals surface area contributed by atoms with E-state index in [0.717, 1.165) is 30.1 Å². The van der Waals surface area contributed by atoms with Gasteiger partial charge in [0.25, 0.3) is 0 Å². The fourth-order valence-corrected chi connectivity index (χ4v) is 3.59. The lowest BCUT2D eigenvalue weighted by molar-refractivity contribution is -0.127. The highest BCUT2D eigenvalue weighted by Gasteiger charge is 2.41. The molecule has 0 radical (unpaired) electrons. The zero-order chi connectivity index (χ0) is 15.0. The minimum atomic E-state index is -0.0485. The Bertz CT molecular complexity index is 496. The van der Waals surface area contributed by atoms with E-state index in [9.17, 15) is 4.79 Å². The molecule has 116 valence electrons. The van der Waals surface area contributed by atoms with Gasteiger partial charge in [0.15, 0.2) is 0 Å². The van der Waals surface area contributed by atoms with Gasteiger partial charge in [-0.15, -0.1) is 0 Å². The smallest absolute Gasteiger partial charge is 0.238 e. The van der Waals surface area contributed by atoms with Crippen LogP contribution in [0, 0.1) is 19.8 Å². The highest BCUT2D eigenvalue weighted by molar-refractivity contribution is 5.83. The quantitative estimate of drug-likeness (QED) is 0.904. The maximum absolute atomic E-state index is 12.7. The van der Waals surface area contributed by atoms with E-state index in [1.165, 1.54) is 25.7 Å². The molecule has 1 aliphatic carbocycles. The number of carbonyl (C=O) groups excluding carboxylic acids is 1. The fraction of sp³-hybridized carbons (Fsp3) is 0.750. The number of likely N-dealkylation sites (tertiary alicyclic amines) is 1. The third-order valence-corrected chi connectivity index (χ3v) is 4.75. The molecule has 5 nitrogen and oxygen atoms in total. The maximum atomic E-state index is 12.7. The summed E-state index contributed by atoms with van der Waals surface area (Å²) < 4.78 is 5.21. The van der Waals surface area contributed by atoms with E-state index in [4.69, 9.17) is 4.52 Å². The zero-order valence-electron chi connectivity index (χ0n) is 13.2. The first-order valence-corrected chi connectivity index (χ1v) is 8.05. The molecule has 1 saturated carbocycles. The molecular weight excluding hydrogens is 266 g/mol. The molecule has 5 heteroatoms. The molecule has 2 aliphatic rings. The normalized spacial score (nSPS) is 22.2. The second kappa shape index (κ2) is 5.79. The van der Waals surface area contributed by atoms with E-state index in [1.807, 2.05) is 20.8 Å². The Kier molecular flexibility index (Phi) is 4.02. The lowest BCUT2D eigenvalue weighted by atomic mass is 10.1. The number of rotatable bonds is 5. The number of hydrogen-bond acceptors (Lipinski definition) is 4. The average molecular weight is 291 g/mol. The van der Waals surface area contributed by atoms with Crippen LogP contribution in [-0.2, 0) is 4.79 Å². The summed E-state index contributed by atoms with van der Waals surface area (Å²) in [6.07, 6.45) is 4.81. The number of aromatic nitrogens is 1. The average Bonchev–Trinajstić information content (AvgIpc) is 2.98. The van der Waals surface area contributed by atoms with Gasteiger partial charge in [0, 0.05) is 5.56 Å². The molecule has 3 rings (SSSR count). The van der Waals surface area contributed by atoms with Crippen LogP contribution in [-0.4, -0.2) is 35.1 Å². The van der Waals surface area contributed by atoms with Gasteiger partial charge in [-0.25, -0.2) is 0 Å². The molecule has 21 heavy (non-hydrogen) atoms. The molecular formula is C16H25N3O2. The van der Waals surface area contributed by atoms with Crippen LogP contribution in [0.25, 0.3) is 0 Å². The molecule has 1 aliphatic heterocycles. The van der Waals surface area contributed by atoms with Gasteiger partial charge < -0.3 is 9.84 Å². The first-order chi connectivity index (χ1) is 10.1. The van der Waals surface area contributed by atoms with E-state index >= 15 is 0 Å². The largest absolute Gasteiger partial charge is 0.361 e. The Morgan fingerprint density at radius 1 is 1.33 bits per heavy atom. The topological polar surface area (TPSA) is 58.4 Å². The van der Waals surface area contributed by atoms with Gasteiger partial charge in [0.2, 0.25) is 5.91 Å². The van der Waals surface area contributed by atoms with Crippen molar-refractivity contribution in [1.82, 2.24) is 15.4 Å². The molecule has 1 aromatic heterocycles. The third-order valence-electron chi connectivity index (χ3n) is 4.75. The summed E-state index contributed by atoms with van der Waals surface area (Å²) in [4.78, 5) is 15.1. The van der Waals surface area contributed by atoms with E-state index in [1.54, 1.807) is 0 Å². The van der Waals surface area contributed by atoms with Gasteiger partial charge >= 0.3 is 0 Å². The Morgan fingerprint density at radius 3 is 2.52 bits per heavy atom. The molecule has 2 fully saturated rings. The van der Waals surface area contributed by atoms with Crippen LogP contribution >= 0.6 is 0 Å². The first-order valence-electron chi connectivity index (χ1n) is 8.05. The van der Waals surface area contributed by atoms with Crippen molar-refractivity contribution in [2.75, 3.05) is 13.1 Å². The van der Waals surface area contributed by atoms with Crippen LogP contribution < -0.4 is 5.32 Å². The summed E-state index contributed by atoms with van der Waals surface area (Å²) in [6.45, 7) is 7.96. The third kappa shape index (κ3) is 2.98. The Hall–Kier alpha value is -1.36. The van der Waals surface area contributed by atoms with E-state index in [-0.39, 0.29) is 18.0 Å². The molecule has 0 spiro atoms. The molecule has 2 heterocycles. The highest BCUT2D eigenvalue weighted by Crippen LogP contribution is 2.37. The lowest BCUT2D eigenvalue weighted by Gasteiger charge is -2.28. The first kappa shape index (κ1) is 14.6. The van der Waals surface area contributed by atoms with Crippen LogP contribution in [0.4, 0.5) is 0 Å². The highest BCUT2D eigenvalue weighted by atomic mass is 16.5. The molecule has 1 aromatic rings. The number of aryl methyl sites for hydroxylation is 2. The van der Waals surface area contributed by atoms with Gasteiger partial charge in [0.05, 0.1) is 17.8 Å². The van der Waals surface area contributed by atoms with E-state index in [2.05, 4.69) is 15.4 Å².